The zero-order chi connectivity index (χ0) is 15.1. The van der Waals surface area contributed by atoms with Gasteiger partial charge in [0.2, 0.25) is 0 Å². The molecule has 22 heavy (non-hydrogen) atoms. The molecule has 0 aliphatic heterocycles. The van der Waals surface area contributed by atoms with Crippen LogP contribution in [0.2, 0.25) is 0 Å². The van der Waals surface area contributed by atoms with Gasteiger partial charge in [0.05, 0.1) is 32.5 Å². The highest BCUT2D eigenvalue weighted by molar-refractivity contribution is 7.18. The van der Waals surface area contributed by atoms with Gasteiger partial charge in [0.1, 0.15) is 0 Å². The molecular weight excluding hydrogens is 296 g/mol. The fraction of sp³-hybridized carbons (Fsp3) is 0.0625. The molecule has 0 radical (unpaired) electrons. The predicted octanol–water partition coefficient (Wildman–Crippen LogP) is 3.50. The van der Waals surface area contributed by atoms with E-state index in [-0.39, 0.29) is 5.91 Å². The van der Waals surface area contributed by atoms with Crippen LogP contribution < -0.4 is 5.32 Å². The molecule has 3 heterocycles. The summed E-state index contributed by atoms with van der Waals surface area (Å²) in [7, 11) is 0. The normalized spacial score (nSPS) is 11.1. The summed E-state index contributed by atoms with van der Waals surface area (Å²) in [4.78, 5) is 16.9. The van der Waals surface area contributed by atoms with E-state index < -0.39 is 0 Å². The number of aromatic nitrogens is 3. The molecule has 0 saturated heterocycles. The number of anilines is 1. The Balaban J connectivity index is 1.69. The minimum absolute atomic E-state index is 0.155. The molecule has 3 aromatic heterocycles. The number of fused-ring (bicyclic) bond motifs is 2. The van der Waals surface area contributed by atoms with E-state index in [1.54, 1.807) is 28.1 Å². The maximum atomic E-state index is 12.5. The van der Waals surface area contributed by atoms with Gasteiger partial charge in [-0.05, 0) is 43.3 Å². The number of hydrogen-bond donors (Lipinski definition) is 1. The number of amides is 1. The molecule has 4 aromatic rings. The number of nitrogens with zero attached hydrogens (tertiary/aromatic N) is 3. The Bertz CT molecular complexity index is 1000. The molecule has 108 valence electrons. The van der Waals surface area contributed by atoms with E-state index in [0.717, 1.165) is 26.4 Å². The summed E-state index contributed by atoms with van der Waals surface area (Å²) in [5.74, 6) is -0.155. The van der Waals surface area contributed by atoms with Crippen molar-refractivity contribution in [2.75, 3.05) is 5.32 Å². The first-order valence-corrected chi connectivity index (χ1v) is 7.63. The van der Waals surface area contributed by atoms with Crippen molar-refractivity contribution in [3.8, 4) is 0 Å². The summed E-state index contributed by atoms with van der Waals surface area (Å²) in [6, 6.07) is 11.2. The predicted molar refractivity (Wildman–Crippen MR) is 87.5 cm³/mol. The molecule has 0 unspecified atom stereocenters. The quantitative estimate of drug-likeness (QED) is 0.616. The highest BCUT2D eigenvalue weighted by Gasteiger charge is 2.11. The van der Waals surface area contributed by atoms with Gasteiger partial charge in [-0.25, -0.2) is 9.50 Å². The van der Waals surface area contributed by atoms with Crippen molar-refractivity contribution >= 4 is 38.7 Å². The van der Waals surface area contributed by atoms with Crippen molar-refractivity contribution in [2.45, 2.75) is 6.92 Å². The molecule has 0 saturated carbocycles. The second kappa shape index (κ2) is 4.92. The lowest BCUT2D eigenvalue weighted by Gasteiger charge is -2.06. The number of rotatable bonds is 2. The zero-order valence-electron chi connectivity index (χ0n) is 11.8. The number of thiazole rings is 1. The van der Waals surface area contributed by atoms with Crippen LogP contribution >= 0.6 is 11.3 Å². The van der Waals surface area contributed by atoms with Crippen LogP contribution in [0.25, 0.3) is 15.7 Å². The molecule has 4 rings (SSSR count). The molecule has 5 nitrogen and oxygen atoms in total. The average molecular weight is 308 g/mol. The molecule has 0 bridgehead atoms. The fourth-order valence-electron chi connectivity index (χ4n) is 2.46. The van der Waals surface area contributed by atoms with Gasteiger partial charge >= 0.3 is 0 Å². The summed E-state index contributed by atoms with van der Waals surface area (Å²) in [6.07, 6.45) is 3.49. The van der Waals surface area contributed by atoms with Crippen molar-refractivity contribution < 1.29 is 4.79 Å². The SMILES string of the molecule is Cc1nc2cc(NC(=O)c3cccn4nccc34)ccc2s1. The van der Waals surface area contributed by atoms with Crippen molar-refractivity contribution in [1.82, 2.24) is 14.6 Å². The van der Waals surface area contributed by atoms with Gasteiger partial charge in [-0.15, -0.1) is 11.3 Å². The van der Waals surface area contributed by atoms with Crippen LogP contribution in [0, 0.1) is 6.92 Å². The highest BCUT2D eigenvalue weighted by Crippen LogP contribution is 2.25. The van der Waals surface area contributed by atoms with Crippen LogP contribution in [0.3, 0.4) is 0 Å². The van der Waals surface area contributed by atoms with Crippen molar-refractivity contribution in [2.24, 2.45) is 0 Å². The van der Waals surface area contributed by atoms with Crippen molar-refractivity contribution in [1.29, 1.82) is 0 Å². The van der Waals surface area contributed by atoms with Gasteiger partial charge in [-0.3, -0.25) is 4.79 Å². The minimum atomic E-state index is -0.155. The zero-order valence-corrected chi connectivity index (χ0v) is 12.6. The van der Waals surface area contributed by atoms with E-state index in [1.165, 1.54) is 0 Å². The van der Waals surface area contributed by atoms with Gasteiger partial charge < -0.3 is 5.32 Å². The van der Waals surface area contributed by atoms with E-state index in [9.17, 15) is 4.79 Å². The monoisotopic (exact) mass is 308 g/mol. The smallest absolute Gasteiger partial charge is 0.257 e. The molecule has 0 atom stereocenters. The number of hydrogen-bond acceptors (Lipinski definition) is 4. The van der Waals surface area contributed by atoms with Crippen LogP contribution in [-0.2, 0) is 0 Å². The molecule has 0 aliphatic rings. The largest absolute Gasteiger partial charge is 0.322 e. The molecule has 6 heteroatoms. The molecule has 1 N–H and O–H groups in total. The Kier molecular flexibility index (Phi) is 2.90. The first-order chi connectivity index (χ1) is 10.7. The van der Waals surface area contributed by atoms with E-state index >= 15 is 0 Å². The summed E-state index contributed by atoms with van der Waals surface area (Å²) >= 11 is 1.64. The Morgan fingerprint density at radius 2 is 2.18 bits per heavy atom. The molecule has 0 spiro atoms. The maximum Gasteiger partial charge on any atom is 0.257 e. The van der Waals surface area contributed by atoms with Gasteiger partial charge in [0.25, 0.3) is 5.91 Å². The fourth-order valence-corrected chi connectivity index (χ4v) is 3.27. The Hall–Kier alpha value is -2.73. The molecule has 0 aliphatic carbocycles. The highest BCUT2D eigenvalue weighted by atomic mass is 32.1. The first kappa shape index (κ1) is 13.0. The summed E-state index contributed by atoms with van der Waals surface area (Å²) in [5.41, 5.74) is 3.02. The molecular formula is C16H12N4OS. The third kappa shape index (κ3) is 2.14. The van der Waals surface area contributed by atoms with Crippen molar-refractivity contribution in [3.05, 3.63) is 59.4 Å². The number of benzene rings is 1. The van der Waals surface area contributed by atoms with Crippen LogP contribution in [0.15, 0.2) is 48.8 Å². The second-order valence-corrected chi connectivity index (χ2v) is 6.19. The number of carbonyl (C=O) groups excluding carboxylic acids is 1. The van der Waals surface area contributed by atoms with Crippen molar-refractivity contribution in [3.63, 3.8) is 0 Å². The summed E-state index contributed by atoms with van der Waals surface area (Å²) < 4.78 is 2.80. The summed E-state index contributed by atoms with van der Waals surface area (Å²) in [6.45, 7) is 1.98. The van der Waals surface area contributed by atoms with Crippen LogP contribution in [-0.4, -0.2) is 20.5 Å². The number of carbonyl (C=O) groups is 1. The lowest BCUT2D eigenvalue weighted by molar-refractivity contribution is 0.102. The summed E-state index contributed by atoms with van der Waals surface area (Å²) in [5, 5.41) is 8.08. The van der Waals surface area contributed by atoms with E-state index in [4.69, 9.17) is 0 Å². The average Bonchev–Trinajstić information content (AvgIpc) is 3.11. The van der Waals surface area contributed by atoms with Crippen LogP contribution in [0.4, 0.5) is 5.69 Å². The van der Waals surface area contributed by atoms with Gasteiger partial charge in [-0.1, -0.05) is 0 Å². The third-order valence-corrected chi connectivity index (χ3v) is 4.39. The van der Waals surface area contributed by atoms with Gasteiger partial charge in [0, 0.05) is 11.9 Å². The van der Waals surface area contributed by atoms with Gasteiger partial charge in [0.15, 0.2) is 0 Å². The first-order valence-electron chi connectivity index (χ1n) is 6.81. The third-order valence-electron chi connectivity index (χ3n) is 3.43. The van der Waals surface area contributed by atoms with E-state index in [0.29, 0.717) is 5.56 Å². The van der Waals surface area contributed by atoms with Crippen LogP contribution in [0.1, 0.15) is 15.4 Å². The molecule has 1 amide bonds. The number of pyridine rings is 1. The van der Waals surface area contributed by atoms with E-state index in [2.05, 4.69) is 15.4 Å². The second-order valence-electron chi connectivity index (χ2n) is 4.95. The number of aryl methyl sites for hydroxylation is 1. The Morgan fingerprint density at radius 3 is 3.09 bits per heavy atom. The van der Waals surface area contributed by atoms with Gasteiger partial charge in [-0.2, -0.15) is 5.10 Å². The van der Waals surface area contributed by atoms with Crippen LogP contribution in [0.5, 0.6) is 0 Å². The Labute approximate surface area is 130 Å². The lowest BCUT2D eigenvalue weighted by Crippen LogP contribution is -2.13. The Morgan fingerprint density at radius 1 is 1.27 bits per heavy atom. The topological polar surface area (TPSA) is 59.3 Å². The molecule has 0 fully saturated rings. The molecule has 1 aromatic carbocycles. The standard InChI is InChI=1S/C16H12N4OS/c1-10-18-13-9-11(4-5-15(13)22-10)19-16(21)12-3-2-8-20-14(12)6-7-17-20/h2-9H,1H3,(H,19,21). The minimum Gasteiger partial charge on any atom is -0.322 e. The lowest BCUT2D eigenvalue weighted by atomic mass is 10.2. The number of nitrogens with one attached hydrogen (secondary N) is 1. The van der Waals surface area contributed by atoms with E-state index in [1.807, 2.05) is 43.5 Å². The maximum absolute atomic E-state index is 12.5.